The van der Waals surface area contributed by atoms with E-state index in [-0.39, 0.29) is 25.4 Å². The van der Waals surface area contributed by atoms with E-state index in [2.05, 4.69) is 15.4 Å². The summed E-state index contributed by atoms with van der Waals surface area (Å²) in [5.41, 5.74) is -0.101. The maximum absolute atomic E-state index is 14.6. The van der Waals surface area contributed by atoms with Crippen LogP contribution in [-0.2, 0) is 24.4 Å². The number of carbonyl (C=O) groups excluding carboxylic acids is 4. The van der Waals surface area contributed by atoms with Crippen LogP contribution in [0, 0.1) is 12.8 Å². The highest BCUT2D eigenvalue weighted by atomic mass is 32.2. The van der Waals surface area contributed by atoms with Crippen molar-refractivity contribution in [2.24, 2.45) is 5.92 Å². The Bertz CT molecular complexity index is 2000. The van der Waals surface area contributed by atoms with Gasteiger partial charge in [0.1, 0.15) is 35.2 Å². The molecule has 2 saturated heterocycles. The van der Waals surface area contributed by atoms with Crippen LogP contribution in [-0.4, -0.2) is 109 Å². The van der Waals surface area contributed by atoms with E-state index in [9.17, 15) is 27.6 Å². The monoisotopic (exact) mass is 780 g/mol. The molecule has 5 aliphatic rings. The number of aryl methyl sites for hydroxylation is 1. The first kappa shape index (κ1) is 38.7. The van der Waals surface area contributed by atoms with Gasteiger partial charge < -0.3 is 34.6 Å². The summed E-state index contributed by atoms with van der Waals surface area (Å²) in [5, 5.41) is 6.56. The zero-order valence-electron chi connectivity index (χ0n) is 32.0. The second-order valence-corrected chi connectivity index (χ2v) is 17.9. The lowest BCUT2D eigenvalue weighted by Crippen LogP contribution is -2.59. The first-order valence-corrected chi connectivity index (χ1v) is 21.0. The van der Waals surface area contributed by atoms with E-state index in [0.29, 0.717) is 80.1 Å². The van der Waals surface area contributed by atoms with Crippen molar-refractivity contribution in [2.75, 3.05) is 33.4 Å². The molecular formula is C39H52N6O9S. The third-order valence-corrected chi connectivity index (χ3v) is 14.0. The first-order chi connectivity index (χ1) is 26.3. The lowest BCUT2D eigenvalue weighted by Gasteiger charge is -2.34. The van der Waals surface area contributed by atoms with E-state index in [4.69, 9.17) is 19.2 Å². The van der Waals surface area contributed by atoms with Crippen molar-refractivity contribution in [1.82, 2.24) is 30.1 Å². The summed E-state index contributed by atoms with van der Waals surface area (Å²) < 4.78 is 45.6. The number of amides is 5. The summed E-state index contributed by atoms with van der Waals surface area (Å²) in [6.07, 6.45) is 8.64. The van der Waals surface area contributed by atoms with E-state index in [1.165, 1.54) is 4.90 Å². The van der Waals surface area contributed by atoms with Crippen LogP contribution in [0.5, 0.6) is 17.4 Å². The van der Waals surface area contributed by atoms with Gasteiger partial charge in [0.05, 0.1) is 30.5 Å². The molecule has 0 spiro atoms. The Morgan fingerprint density at radius 2 is 1.87 bits per heavy atom. The molecule has 2 aliphatic carbocycles. The topological polar surface area (TPSA) is 186 Å². The number of aromatic nitrogens is 1. The summed E-state index contributed by atoms with van der Waals surface area (Å²) in [7, 11) is -2.40. The lowest BCUT2D eigenvalue weighted by molar-refractivity contribution is -0.141. The van der Waals surface area contributed by atoms with Crippen LogP contribution in [0.3, 0.4) is 0 Å². The molecule has 1 aromatic heterocycles. The van der Waals surface area contributed by atoms with Crippen molar-refractivity contribution >= 4 is 44.7 Å². The molecular weight excluding hydrogens is 729 g/mol. The predicted molar refractivity (Wildman–Crippen MR) is 203 cm³/mol. The van der Waals surface area contributed by atoms with Crippen molar-refractivity contribution in [3.05, 3.63) is 35.9 Å². The summed E-state index contributed by atoms with van der Waals surface area (Å²) in [5.74, 6) is -0.793. The van der Waals surface area contributed by atoms with Crippen LogP contribution < -0.4 is 29.6 Å². The summed E-state index contributed by atoms with van der Waals surface area (Å²) in [6.45, 7) is 6.94. The molecule has 55 heavy (non-hydrogen) atoms. The van der Waals surface area contributed by atoms with Gasteiger partial charge in [-0.05, 0) is 77.8 Å². The SMILES string of the molecule is CCOc1cc(OC2CC3C(=O)NC4(C(=O)NS(=O)(=O)C5(C)CC5)CC4C=CCCCCCC(NC(=O)N4CCC4)C(=O)N3C2)c2ccc(OC)c(C)c2n1. The standard InChI is InChI=1S/C39H52N6O9S/c1-5-53-32-21-31(27-14-15-30(52-4)24(2)33(27)41-32)54-26-20-29-34(46)42-39(36(48)43-55(50,51)38(3)16-17-38)22-25(39)12-9-7-6-8-10-13-28(35(47)45(29)23-26)40-37(49)44-18-11-19-44/h9,12,14-15,21,25-26,28-29H,5-8,10-11,13,16-20,22-23H2,1-4H3,(H,40,49)(H,42,46)(H,43,48). The highest BCUT2D eigenvalue weighted by molar-refractivity contribution is 7.91. The summed E-state index contributed by atoms with van der Waals surface area (Å²) in [4.78, 5) is 63.9. The molecule has 298 valence electrons. The van der Waals surface area contributed by atoms with Gasteiger partial charge in [-0.2, -0.15) is 0 Å². The third kappa shape index (κ3) is 7.66. The summed E-state index contributed by atoms with van der Waals surface area (Å²) in [6, 6.07) is 3.05. The van der Waals surface area contributed by atoms with Crippen LogP contribution in [0.15, 0.2) is 30.4 Å². The largest absolute Gasteiger partial charge is 0.496 e. The van der Waals surface area contributed by atoms with Gasteiger partial charge in [0.15, 0.2) is 0 Å². The number of hydrogen-bond acceptors (Lipinski definition) is 10. The fourth-order valence-corrected chi connectivity index (χ4v) is 9.10. The number of rotatable bonds is 9. The molecule has 7 rings (SSSR count). The van der Waals surface area contributed by atoms with Crippen molar-refractivity contribution < 1.29 is 41.8 Å². The Hall–Kier alpha value is -4.60. The number of nitrogens with one attached hydrogen (secondary N) is 3. The molecule has 5 amide bonds. The van der Waals surface area contributed by atoms with E-state index in [0.717, 1.165) is 24.8 Å². The Morgan fingerprint density at radius 3 is 2.56 bits per heavy atom. The number of benzene rings is 1. The van der Waals surface area contributed by atoms with Crippen LogP contribution in [0.4, 0.5) is 4.79 Å². The molecule has 5 unspecified atom stereocenters. The highest BCUT2D eigenvalue weighted by Gasteiger charge is 2.63. The van der Waals surface area contributed by atoms with E-state index < -0.39 is 62.1 Å². The van der Waals surface area contributed by atoms with Gasteiger partial charge >= 0.3 is 6.03 Å². The van der Waals surface area contributed by atoms with Crippen molar-refractivity contribution in [1.29, 1.82) is 0 Å². The molecule has 4 heterocycles. The zero-order chi connectivity index (χ0) is 39.1. The number of sulfonamides is 1. The van der Waals surface area contributed by atoms with Crippen molar-refractivity contribution in [2.45, 2.75) is 113 Å². The average molecular weight is 781 g/mol. The van der Waals surface area contributed by atoms with Gasteiger partial charge in [0.25, 0.3) is 5.91 Å². The van der Waals surface area contributed by atoms with Gasteiger partial charge in [0.2, 0.25) is 27.7 Å². The van der Waals surface area contributed by atoms with Gasteiger partial charge in [0, 0.05) is 42.4 Å². The quantitative estimate of drug-likeness (QED) is 0.319. The normalized spacial score (nSPS) is 27.7. The molecule has 4 fully saturated rings. The molecule has 3 N–H and O–H groups in total. The number of carbonyl (C=O) groups is 4. The third-order valence-electron chi connectivity index (χ3n) is 11.8. The number of nitrogens with zero attached hydrogens (tertiary/aromatic N) is 3. The first-order valence-electron chi connectivity index (χ1n) is 19.5. The molecule has 3 aliphatic heterocycles. The second kappa shape index (κ2) is 15.1. The van der Waals surface area contributed by atoms with Crippen LogP contribution in [0.25, 0.3) is 10.9 Å². The van der Waals surface area contributed by atoms with Gasteiger partial charge in [-0.3, -0.25) is 19.1 Å². The highest BCUT2D eigenvalue weighted by Crippen LogP contribution is 2.47. The van der Waals surface area contributed by atoms with E-state index in [1.54, 1.807) is 25.0 Å². The Labute approximate surface area is 321 Å². The summed E-state index contributed by atoms with van der Waals surface area (Å²) >= 11 is 0. The molecule has 1 aromatic carbocycles. The number of fused-ring (bicyclic) bond motifs is 3. The Kier molecular flexibility index (Phi) is 10.7. The number of likely N-dealkylation sites (tertiary alicyclic amines) is 1. The molecule has 0 radical (unpaired) electrons. The predicted octanol–water partition coefficient (Wildman–Crippen LogP) is 3.48. The zero-order valence-corrected chi connectivity index (χ0v) is 32.8. The number of urea groups is 1. The van der Waals surface area contributed by atoms with Crippen LogP contribution in [0.1, 0.15) is 83.6 Å². The number of hydrogen-bond donors (Lipinski definition) is 3. The maximum Gasteiger partial charge on any atom is 0.318 e. The fraction of sp³-hybridized carbons (Fsp3) is 0.615. The van der Waals surface area contributed by atoms with Gasteiger partial charge in [-0.1, -0.05) is 25.0 Å². The number of ether oxygens (including phenoxy) is 3. The van der Waals surface area contributed by atoms with Crippen molar-refractivity contribution in [3.8, 4) is 17.4 Å². The molecule has 0 bridgehead atoms. The molecule has 16 heteroatoms. The number of pyridine rings is 1. The fourth-order valence-electron chi connectivity index (χ4n) is 7.78. The smallest absolute Gasteiger partial charge is 0.318 e. The molecule has 2 saturated carbocycles. The average Bonchev–Trinajstić information content (AvgIpc) is 4.00. The van der Waals surface area contributed by atoms with Crippen molar-refractivity contribution in [3.63, 3.8) is 0 Å². The Morgan fingerprint density at radius 1 is 1.09 bits per heavy atom. The molecule has 15 nitrogen and oxygen atoms in total. The van der Waals surface area contributed by atoms with Gasteiger partial charge in [-0.25, -0.2) is 18.2 Å². The molecule has 2 aromatic rings. The Balaban J connectivity index is 1.21. The second-order valence-electron chi connectivity index (χ2n) is 15.7. The lowest BCUT2D eigenvalue weighted by atomic mass is 10.0. The van der Waals surface area contributed by atoms with Crippen LogP contribution >= 0.6 is 0 Å². The van der Waals surface area contributed by atoms with Gasteiger partial charge in [-0.15, -0.1) is 0 Å². The maximum atomic E-state index is 14.6. The number of methoxy groups -OCH3 is 1. The van der Waals surface area contributed by atoms with E-state index in [1.807, 2.05) is 38.1 Å². The van der Waals surface area contributed by atoms with Crippen LogP contribution in [0.2, 0.25) is 0 Å². The minimum atomic E-state index is -3.98. The number of allylic oxidation sites excluding steroid dienone is 1. The minimum Gasteiger partial charge on any atom is -0.496 e. The van der Waals surface area contributed by atoms with E-state index >= 15 is 0 Å². The minimum absolute atomic E-state index is 0.0190. The molecule has 5 atom stereocenters.